The minimum absolute atomic E-state index is 0. The van der Waals surface area contributed by atoms with Crippen molar-refractivity contribution in [3.63, 3.8) is 0 Å². The molecule has 0 spiro atoms. The van der Waals surface area contributed by atoms with Gasteiger partial charge in [-0.25, -0.2) is 4.39 Å². The first-order valence-electron chi connectivity index (χ1n) is 4.88. The zero-order chi connectivity index (χ0) is 10.4. The summed E-state index contributed by atoms with van der Waals surface area (Å²) >= 11 is 3.41. The molecule has 15 heavy (non-hydrogen) atoms. The minimum Gasteiger partial charge on any atom is -0.316 e. The van der Waals surface area contributed by atoms with E-state index in [-0.39, 0.29) is 18.2 Å². The topological polar surface area (TPSA) is 12.0 Å². The summed E-state index contributed by atoms with van der Waals surface area (Å²) in [4.78, 5) is 0. The van der Waals surface area contributed by atoms with Crippen LogP contribution in [0, 0.1) is 5.82 Å². The van der Waals surface area contributed by atoms with Crippen molar-refractivity contribution in [1.29, 1.82) is 0 Å². The first-order chi connectivity index (χ1) is 6.74. The summed E-state index contributed by atoms with van der Waals surface area (Å²) in [6, 6.07) is 4.80. The lowest BCUT2D eigenvalue weighted by atomic mass is 10.1. The highest BCUT2D eigenvalue weighted by Gasteiger charge is 2.00. The molecule has 4 heteroatoms. The van der Waals surface area contributed by atoms with Gasteiger partial charge in [0.15, 0.2) is 0 Å². The Morgan fingerprint density at radius 3 is 2.73 bits per heavy atom. The van der Waals surface area contributed by atoms with Crippen LogP contribution in [0.4, 0.5) is 4.39 Å². The zero-order valence-electron chi connectivity index (χ0n) is 8.72. The molecule has 0 heterocycles. The largest absolute Gasteiger partial charge is 0.316 e. The van der Waals surface area contributed by atoms with E-state index in [0.29, 0.717) is 0 Å². The number of halogens is 3. The molecule has 1 nitrogen and oxygen atoms in total. The Morgan fingerprint density at radius 1 is 1.33 bits per heavy atom. The monoisotopic (exact) mass is 295 g/mol. The Hall–Kier alpha value is -0.120. The van der Waals surface area contributed by atoms with E-state index in [2.05, 4.69) is 28.2 Å². The lowest BCUT2D eigenvalue weighted by Gasteiger charge is -2.05. The van der Waals surface area contributed by atoms with E-state index in [0.717, 1.165) is 36.0 Å². The van der Waals surface area contributed by atoms with Crippen molar-refractivity contribution in [2.24, 2.45) is 0 Å². The van der Waals surface area contributed by atoms with Gasteiger partial charge in [-0.2, -0.15) is 0 Å². The maximum Gasteiger partial charge on any atom is 0.123 e. The second-order valence-corrected chi connectivity index (χ2v) is 4.09. The summed E-state index contributed by atoms with van der Waals surface area (Å²) in [5.41, 5.74) is 1.02. The quantitative estimate of drug-likeness (QED) is 0.819. The minimum atomic E-state index is -0.168. The van der Waals surface area contributed by atoms with E-state index < -0.39 is 0 Å². The lowest BCUT2D eigenvalue weighted by molar-refractivity contribution is 0.621. The summed E-state index contributed by atoms with van der Waals surface area (Å²) in [5.74, 6) is -0.168. The summed E-state index contributed by atoms with van der Waals surface area (Å²) in [5, 5.41) is 3.29. The third-order valence-corrected chi connectivity index (χ3v) is 2.78. The van der Waals surface area contributed by atoms with Gasteiger partial charge >= 0.3 is 0 Å². The predicted octanol–water partition coefficient (Wildman–Crippen LogP) is 3.55. The molecular formula is C11H16BrClFN. The molecule has 0 aromatic heterocycles. The van der Waals surface area contributed by atoms with Gasteiger partial charge in [0.1, 0.15) is 5.82 Å². The molecule has 1 rings (SSSR count). The number of rotatable bonds is 5. The fourth-order valence-corrected chi connectivity index (χ4v) is 1.70. The number of nitrogens with one attached hydrogen (secondary N) is 1. The van der Waals surface area contributed by atoms with Crippen LogP contribution < -0.4 is 5.32 Å². The number of benzene rings is 1. The van der Waals surface area contributed by atoms with Crippen LogP contribution in [-0.2, 0) is 6.42 Å². The van der Waals surface area contributed by atoms with E-state index in [1.807, 2.05) is 0 Å². The molecular weight excluding hydrogens is 280 g/mol. The van der Waals surface area contributed by atoms with Crippen molar-refractivity contribution in [2.45, 2.75) is 19.8 Å². The van der Waals surface area contributed by atoms with Crippen LogP contribution in [0.5, 0.6) is 0 Å². The SMILES string of the molecule is CCCNCCc1cc(F)ccc1Br.Cl. The van der Waals surface area contributed by atoms with Gasteiger partial charge in [-0.15, -0.1) is 12.4 Å². The standard InChI is InChI=1S/C11H15BrFN.ClH/c1-2-6-14-7-5-9-8-10(13)3-4-11(9)12;/h3-4,8,14H,2,5-7H2,1H3;1H. The zero-order valence-corrected chi connectivity index (χ0v) is 11.1. The molecule has 86 valence electrons. The van der Waals surface area contributed by atoms with Crippen LogP contribution in [0.3, 0.4) is 0 Å². The Bertz CT molecular complexity index is 294. The molecule has 0 saturated heterocycles. The van der Waals surface area contributed by atoms with E-state index >= 15 is 0 Å². The molecule has 1 aromatic rings. The van der Waals surface area contributed by atoms with Gasteiger partial charge in [-0.1, -0.05) is 22.9 Å². The maximum absolute atomic E-state index is 12.9. The van der Waals surface area contributed by atoms with Gasteiger partial charge in [-0.05, 0) is 49.7 Å². The lowest BCUT2D eigenvalue weighted by Crippen LogP contribution is -2.17. The smallest absolute Gasteiger partial charge is 0.123 e. The molecule has 0 aliphatic rings. The van der Waals surface area contributed by atoms with E-state index in [4.69, 9.17) is 0 Å². The fraction of sp³-hybridized carbons (Fsp3) is 0.455. The number of hydrogen-bond acceptors (Lipinski definition) is 1. The predicted molar refractivity (Wildman–Crippen MR) is 68.2 cm³/mol. The molecule has 0 radical (unpaired) electrons. The van der Waals surface area contributed by atoms with Gasteiger partial charge in [0.25, 0.3) is 0 Å². The molecule has 0 saturated carbocycles. The summed E-state index contributed by atoms with van der Waals surface area (Å²) in [6.07, 6.45) is 1.99. The van der Waals surface area contributed by atoms with Gasteiger partial charge in [-0.3, -0.25) is 0 Å². The van der Waals surface area contributed by atoms with Crippen molar-refractivity contribution >= 4 is 28.3 Å². The van der Waals surface area contributed by atoms with Crippen molar-refractivity contribution in [3.8, 4) is 0 Å². The third kappa shape index (κ3) is 5.50. The Morgan fingerprint density at radius 2 is 2.07 bits per heavy atom. The van der Waals surface area contributed by atoms with Crippen LogP contribution in [0.2, 0.25) is 0 Å². The van der Waals surface area contributed by atoms with Gasteiger partial charge in [0.05, 0.1) is 0 Å². The van der Waals surface area contributed by atoms with Crippen LogP contribution in [0.25, 0.3) is 0 Å². The van der Waals surface area contributed by atoms with Crippen molar-refractivity contribution in [1.82, 2.24) is 5.32 Å². The molecule has 0 aliphatic heterocycles. The Kier molecular flexibility index (Phi) is 8.02. The molecule has 0 unspecified atom stereocenters. The van der Waals surface area contributed by atoms with Crippen molar-refractivity contribution in [3.05, 3.63) is 34.1 Å². The molecule has 1 N–H and O–H groups in total. The van der Waals surface area contributed by atoms with E-state index in [1.54, 1.807) is 12.1 Å². The summed E-state index contributed by atoms with van der Waals surface area (Å²) < 4.78 is 13.9. The molecule has 0 aliphatic carbocycles. The Balaban J connectivity index is 0.00000196. The number of hydrogen-bond donors (Lipinski definition) is 1. The Labute approximate surface area is 105 Å². The average molecular weight is 297 g/mol. The fourth-order valence-electron chi connectivity index (χ4n) is 1.26. The highest BCUT2D eigenvalue weighted by molar-refractivity contribution is 9.10. The maximum atomic E-state index is 12.9. The molecule has 0 amide bonds. The third-order valence-electron chi connectivity index (χ3n) is 2.01. The van der Waals surface area contributed by atoms with Crippen LogP contribution in [-0.4, -0.2) is 13.1 Å². The second kappa shape index (κ2) is 8.08. The normalized spacial score (nSPS) is 9.80. The molecule has 0 fully saturated rings. The van der Waals surface area contributed by atoms with E-state index in [9.17, 15) is 4.39 Å². The average Bonchev–Trinajstić information content (AvgIpc) is 2.18. The van der Waals surface area contributed by atoms with Crippen molar-refractivity contribution < 1.29 is 4.39 Å². The van der Waals surface area contributed by atoms with Crippen molar-refractivity contribution in [2.75, 3.05) is 13.1 Å². The summed E-state index contributed by atoms with van der Waals surface area (Å²) in [7, 11) is 0. The highest BCUT2D eigenvalue weighted by atomic mass is 79.9. The first kappa shape index (κ1) is 14.9. The van der Waals surface area contributed by atoms with Gasteiger partial charge in [0, 0.05) is 4.47 Å². The molecule has 0 atom stereocenters. The van der Waals surface area contributed by atoms with Gasteiger partial charge < -0.3 is 5.32 Å². The molecule has 0 bridgehead atoms. The summed E-state index contributed by atoms with van der Waals surface area (Å²) in [6.45, 7) is 4.05. The van der Waals surface area contributed by atoms with E-state index in [1.165, 1.54) is 6.07 Å². The molecule has 1 aromatic carbocycles. The van der Waals surface area contributed by atoms with Crippen LogP contribution >= 0.6 is 28.3 Å². The van der Waals surface area contributed by atoms with Crippen LogP contribution in [0.15, 0.2) is 22.7 Å². The van der Waals surface area contributed by atoms with Gasteiger partial charge in [0.2, 0.25) is 0 Å². The highest BCUT2D eigenvalue weighted by Crippen LogP contribution is 2.17. The van der Waals surface area contributed by atoms with Crippen LogP contribution in [0.1, 0.15) is 18.9 Å². The second-order valence-electron chi connectivity index (χ2n) is 3.24. The first-order valence-corrected chi connectivity index (χ1v) is 5.68.